The molecule has 0 saturated carbocycles. The average Bonchev–Trinajstić information content (AvgIpc) is 2.71. The molecular weight excluding hydrogens is 280 g/mol. The molecule has 20 heavy (non-hydrogen) atoms. The highest BCUT2D eigenvalue weighted by Crippen LogP contribution is 2.27. The number of hydrogen-bond acceptors (Lipinski definition) is 4. The lowest BCUT2D eigenvalue weighted by Crippen LogP contribution is -2.51. The van der Waals surface area contributed by atoms with Crippen LogP contribution in [0.5, 0.6) is 0 Å². The summed E-state index contributed by atoms with van der Waals surface area (Å²) >= 11 is 6.15. The van der Waals surface area contributed by atoms with Crippen LogP contribution in [0, 0.1) is 0 Å². The lowest BCUT2D eigenvalue weighted by molar-refractivity contribution is -0.144. The fourth-order valence-corrected chi connectivity index (χ4v) is 2.77. The molecule has 1 fully saturated rings. The number of hydrogen-bond donors (Lipinski definition) is 1. The second-order valence-electron chi connectivity index (χ2n) is 5.44. The molecule has 1 aliphatic heterocycles. The van der Waals surface area contributed by atoms with Gasteiger partial charge in [-0.2, -0.15) is 0 Å². The smallest absolute Gasteiger partial charge is 0.327 e. The van der Waals surface area contributed by atoms with Crippen LogP contribution in [0.25, 0.3) is 0 Å². The molecule has 1 N–H and O–H groups in total. The first kappa shape index (κ1) is 15.3. The fourth-order valence-electron chi connectivity index (χ4n) is 2.57. The number of aryl methyl sites for hydroxylation is 1. The summed E-state index contributed by atoms with van der Waals surface area (Å²) in [6.45, 7) is 7.46. The molecule has 2 heterocycles. The largest absolute Gasteiger partial charge is 0.480 e. The van der Waals surface area contributed by atoms with Gasteiger partial charge in [-0.1, -0.05) is 11.6 Å². The number of aromatic nitrogens is 2. The van der Waals surface area contributed by atoms with Gasteiger partial charge in [-0.3, -0.25) is 14.6 Å². The van der Waals surface area contributed by atoms with E-state index in [0.717, 1.165) is 13.1 Å². The van der Waals surface area contributed by atoms with E-state index in [0.29, 0.717) is 30.0 Å². The highest BCUT2D eigenvalue weighted by molar-refractivity contribution is 6.30. The molecule has 1 aliphatic rings. The van der Waals surface area contributed by atoms with Crippen LogP contribution < -0.4 is 0 Å². The summed E-state index contributed by atoms with van der Waals surface area (Å²) in [7, 11) is 1.76. The van der Waals surface area contributed by atoms with Gasteiger partial charge in [-0.05, 0) is 13.8 Å². The van der Waals surface area contributed by atoms with E-state index in [9.17, 15) is 9.90 Å². The SMILES string of the molecule is CC(C)N1CCN(C(C(=O)O)c2ncn(C)c2Cl)CC1. The van der Waals surface area contributed by atoms with Gasteiger partial charge in [0.2, 0.25) is 0 Å². The van der Waals surface area contributed by atoms with Gasteiger partial charge in [0.15, 0.2) is 6.04 Å². The highest BCUT2D eigenvalue weighted by atomic mass is 35.5. The van der Waals surface area contributed by atoms with Crippen molar-refractivity contribution in [2.45, 2.75) is 25.9 Å². The lowest BCUT2D eigenvalue weighted by atomic mass is 10.1. The summed E-state index contributed by atoms with van der Waals surface area (Å²) in [5, 5.41) is 9.92. The molecule has 0 aromatic carbocycles. The summed E-state index contributed by atoms with van der Waals surface area (Å²) in [4.78, 5) is 20.1. The Bertz CT molecular complexity index is 481. The van der Waals surface area contributed by atoms with Gasteiger partial charge < -0.3 is 9.67 Å². The molecule has 0 amide bonds. The fraction of sp³-hybridized carbons (Fsp3) is 0.692. The number of rotatable bonds is 4. The van der Waals surface area contributed by atoms with E-state index < -0.39 is 12.0 Å². The molecule has 2 rings (SSSR count). The van der Waals surface area contributed by atoms with Gasteiger partial charge in [0.1, 0.15) is 10.8 Å². The maximum atomic E-state index is 11.6. The maximum absolute atomic E-state index is 11.6. The molecule has 7 heteroatoms. The van der Waals surface area contributed by atoms with Crippen molar-refractivity contribution in [1.29, 1.82) is 0 Å². The van der Waals surface area contributed by atoms with E-state index in [1.807, 2.05) is 4.90 Å². The van der Waals surface area contributed by atoms with Crippen LogP contribution in [0.3, 0.4) is 0 Å². The predicted molar refractivity (Wildman–Crippen MR) is 76.9 cm³/mol. The Morgan fingerprint density at radius 3 is 2.25 bits per heavy atom. The number of piperazine rings is 1. The quantitative estimate of drug-likeness (QED) is 0.906. The standard InChI is InChI=1S/C13H21ClN4O2/c1-9(2)17-4-6-18(7-5-17)11(13(19)20)10-12(14)16(3)8-15-10/h8-9,11H,4-7H2,1-3H3,(H,19,20). The molecule has 1 aromatic heterocycles. The number of carbonyl (C=O) groups is 1. The van der Waals surface area contributed by atoms with Crippen molar-refractivity contribution in [2.24, 2.45) is 7.05 Å². The molecule has 1 unspecified atom stereocenters. The minimum absolute atomic E-state index is 0.392. The van der Waals surface area contributed by atoms with Crippen LogP contribution in [-0.4, -0.2) is 62.6 Å². The third kappa shape index (κ3) is 2.97. The van der Waals surface area contributed by atoms with Crippen LogP contribution in [-0.2, 0) is 11.8 Å². The monoisotopic (exact) mass is 300 g/mol. The molecule has 0 spiro atoms. The number of aliphatic carboxylic acids is 1. The average molecular weight is 301 g/mol. The van der Waals surface area contributed by atoms with Crippen molar-refractivity contribution in [2.75, 3.05) is 26.2 Å². The van der Waals surface area contributed by atoms with E-state index >= 15 is 0 Å². The summed E-state index contributed by atoms with van der Waals surface area (Å²) < 4.78 is 1.64. The molecule has 112 valence electrons. The molecule has 0 aliphatic carbocycles. The second kappa shape index (κ2) is 6.11. The van der Waals surface area contributed by atoms with Gasteiger partial charge in [0.25, 0.3) is 0 Å². The first-order valence-corrected chi connectivity index (χ1v) is 7.17. The Kier molecular flexibility index (Phi) is 4.67. The van der Waals surface area contributed by atoms with Crippen LogP contribution in [0.15, 0.2) is 6.33 Å². The van der Waals surface area contributed by atoms with Crippen LogP contribution in [0.4, 0.5) is 0 Å². The molecule has 1 saturated heterocycles. The van der Waals surface area contributed by atoms with E-state index in [4.69, 9.17) is 11.6 Å². The molecule has 1 aromatic rings. The number of carboxylic acids is 1. The van der Waals surface area contributed by atoms with Gasteiger partial charge in [-0.15, -0.1) is 0 Å². The van der Waals surface area contributed by atoms with E-state index in [1.165, 1.54) is 0 Å². The van der Waals surface area contributed by atoms with Crippen molar-refractivity contribution in [3.05, 3.63) is 17.2 Å². The Morgan fingerprint density at radius 2 is 1.85 bits per heavy atom. The number of imidazole rings is 1. The van der Waals surface area contributed by atoms with Crippen molar-refractivity contribution in [3.8, 4) is 0 Å². The minimum atomic E-state index is -0.899. The van der Waals surface area contributed by atoms with Gasteiger partial charge in [0.05, 0.1) is 6.33 Å². The molecule has 0 radical (unpaired) electrons. The molecule has 6 nitrogen and oxygen atoms in total. The Morgan fingerprint density at radius 1 is 1.30 bits per heavy atom. The van der Waals surface area contributed by atoms with Gasteiger partial charge in [0, 0.05) is 39.3 Å². The third-order valence-electron chi connectivity index (χ3n) is 3.83. The first-order chi connectivity index (χ1) is 9.41. The number of halogens is 1. The van der Waals surface area contributed by atoms with E-state index in [1.54, 1.807) is 17.9 Å². The zero-order valence-corrected chi connectivity index (χ0v) is 12.8. The van der Waals surface area contributed by atoms with Gasteiger partial charge >= 0.3 is 5.97 Å². The summed E-state index contributed by atoms with van der Waals surface area (Å²) in [6.07, 6.45) is 1.55. The van der Waals surface area contributed by atoms with E-state index in [2.05, 4.69) is 23.7 Å². The summed E-state index contributed by atoms with van der Waals surface area (Å²) in [6, 6.07) is -0.281. The van der Waals surface area contributed by atoms with Crippen molar-refractivity contribution in [3.63, 3.8) is 0 Å². The Balaban J connectivity index is 2.15. The van der Waals surface area contributed by atoms with Crippen molar-refractivity contribution in [1.82, 2.24) is 19.4 Å². The zero-order chi connectivity index (χ0) is 14.9. The molecular formula is C13H21ClN4O2. The Hall–Kier alpha value is -1.11. The highest BCUT2D eigenvalue weighted by Gasteiger charge is 2.34. The zero-order valence-electron chi connectivity index (χ0n) is 12.1. The first-order valence-electron chi connectivity index (χ1n) is 6.79. The summed E-state index contributed by atoms with van der Waals surface area (Å²) in [5.74, 6) is -0.899. The van der Waals surface area contributed by atoms with Gasteiger partial charge in [-0.25, -0.2) is 4.98 Å². The Labute approximate surface area is 123 Å². The number of nitrogens with zero attached hydrogens (tertiary/aromatic N) is 4. The van der Waals surface area contributed by atoms with Crippen LogP contribution in [0.2, 0.25) is 5.15 Å². The molecule has 0 bridgehead atoms. The normalized spacial score (nSPS) is 19.4. The van der Waals surface area contributed by atoms with Crippen LogP contribution >= 0.6 is 11.6 Å². The maximum Gasteiger partial charge on any atom is 0.327 e. The second-order valence-corrected chi connectivity index (χ2v) is 5.80. The summed E-state index contributed by atoms with van der Waals surface area (Å²) in [5.41, 5.74) is 0.430. The van der Waals surface area contributed by atoms with Crippen molar-refractivity contribution < 1.29 is 9.90 Å². The topological polar surface area (TPSA) is 61.6 Å². The molecule has 1 atom stereocenters. The van der Waals surface area contributed by atoms with Crippen LogP contribution in [0.1, 0.15) is 25.6 Å². The van der Waals surface area contributed by atoms with E-state index in [-0.39, 0.29) is 0 Å². The van der Waals surface area contributed by atoms with Crippen molar-refractivity contribution >= 4 is 17.6 Å². The predicted octanol–water partition coefficient (Wildman–Crippen LogP) is 1.23. The lowest BCUT2D eigenvalue weighted by Gasteiger charge is -2.39. The third-order valence-corrected chi connectivity index (χ3v) is 4.29. The number of carboxylic acid groups (broad SMARTS) is 1. The minimum Gasteiger partial charge on any atom is -0.480 e.